The molecular weight excluding hydrogens is 656 g/mol. The Labute approximate surface area is 268 Å². The fourth-order valence-electron chi connectivity index (χ4n) is 4.30. The number of ether oxygens (including phenoxy) is 3. The standard InChI is InChI=1S/C32H32BrClN2O6S/c1-18(2)23-9-6-19(3)12-26(23)41-11-10-36-31(38)28(43-32(36)39)15-21-13-24(33)30(27(14-21)40-5)42-17-29(37)35-22-8-7-20(4)25(34)16-22/h6-9,12-16,18H,10-11,17H2,1-5H3,(H,35,37)/b28-15-. The van der Waals surface area contributed by atoms with Gasteiger partial charge < -0.3 is 19.5 Å². The lowest BCUT2D eigenvalue weighted by molar-refractivity contribution is -0.123. The lowest BCUT2D eigenvalue weighted by Gasteiger charge is -2.17. The predicted molar refractivity (Wildman–Crippen MR) is 174 cm³/mol. The molecule has 3 aromatic carbocycles. The average Bonchev–Trinajstić information content (AvgIpc) is 3.21. The van der Waals surface area contributed by atoms with E-state index in [0.29, 0.717) is 32.2 Å². The maximum Gasteiger partial charge on any atom is 0.293 e. The lowest BCUT2D eigenvalue weighted by Crippen LogP contribution is -2.32. The van der Waals surface area contributed by atoms with Crippen LogP contribution in [0.1, 0.15) is 42.0 Å². The highest BCUT2D eigenvalue weighted by Crippen LogP contribution is 2.39. The number of amides is 3. The van der Waals surface area contributed by atoms with Crippen molar-refractivity contribution in [2.75, 3.05) is 32.2 Å². The Morgan fingerprint density at radius 1 is 1.07 bits per heavy atom. The molecule has 0 unspecified atom stereocenters. The first-order chi connectivity index (χ1) is 20.5. The number of carbonyl (C=O) groups excluding carboxylic acids is 3. The average molecular weight is 688 g/mol. The SMILES string of the molecule is COc1cc(/C=C2\SC(=O)N(CCOc3cc(C)ccc3C(C)C)C2=O)cc(Br)c1OCC(=O)Nc1ccc(C)c(Cl)c1. The molecule has 3 amide bonds. The second kappa shape index (κ2) is 14.3. The number of nitrogens with zero attached hydrogens (tertiary/aromatic N) is 1. The molecule has 1 N–H and O–H groups in total. The molecule has 0 atom stereocenters. The highest BCUT2D eigenvalue weighted by atomic mass is 79.9. The van der Waals surface area contributed by atoms with Crippen molar-refractivity contribution in [2.45, 2.75) is 33.6 Å². The van der Waals surface area contributed by atoms with Crippen molar-refractivity contribution in [3.8, 4) is 17.2 Å². The van der Waals surface area contributed by atoms with E-state index in [0.717, 1.165) is 34.2 Å². The summed E-state index contributed by atoms with van der Waals surface area (Å²) in [6.07, 6.45) is 1.62. The fourth-order valence-corrected chi connectivity index (χ4v) is 5.92. The smallest absolute Gasteiger partial charge is 0.293 e. The molecule has 11 heteroatoms. The summed E-state index contributed by atoms with van der Waals surface area (Å²) in [7, 11) is 1.47. The Hall–Kier alpha value is -3.47. The monoisotopic (exact) mass is 686 g/mol. The number of methoxy groups -OCH3 is 1. The number of aryl methyl sites for hydroxylation is 2. The molecule has 0 saturated carbocycles. The summed E-state index contributed by atoms with van der Waals surface area (Å²) in [4.78, 5) is 39.7. The summed E-state index contributed by atoms with van der Waals surface area (Å²) in [6.45, 7) is 8.08. The summed E-state index contributed by atoms with van der Waals surface area (Å²) in [6, 6.07) is 14.7. The van der Waals surface area contributed by atoms with E-state index in [1.165, 1.54) is 12.0 Å². The summed E-state index contributed by atoms with van der Waals surface area (Å²) in [5.41, 5.74) is 4.21. The van der Waals surface area contributed by atoms with Crippen LogP contribution in [0.5, 0.6) is 17.2 Å². The number of benzene rings is 3. The number of carbonyl (C=O) groups is 3. The van der Waals surface area contributed by atoms with Gasteiger partial charge in [0.05, 0.1) is 23.0 Å². The third kappa shape index (κ3) is 8.13. The third-order valence-corrected chi connectivity index (χ3v) is 8.49. The third-order valence-electron chi connectivity index (χ3n) is 6.59. The van der Waals surface area contributed by atoms with Gasteiger partial charge in [-0.2, -0.15) is 0 Å². The minimum absolute atomic E-state index is 0.129. The van der Waals surface area contributed by atoms with E-state index in [-0.39, 0.29) is 41.7 Å². The highest BCUT2D eigenvalue weighted by Gasteiger charge is 2.35. The maximum absolute atomic E-state index is 13.1. The molecule has 0 spiro atoms. The van der Waals surface area contributed by atoms with Crippen molar-refractivity contribution < 1.29 is 28.6 Å². The van der Waals surface area contributed by atoms with Gasteiger partial charge in [-0.05, 0) is 106 Å². The van der Waals surface area contributed by atoms with Gasteiger partial charge in [-0.1, -0.05) is 43.6 Å². The quantitative estimate of drug-likeness (QED) is 0.204. The van der Waals surface area contributed by atoms with Gasteiger partial charge in [-0.15, -0.1) is 0 Å². The van der Waals surface area contributed by atoms with Crippen LogP contribution in [0.15, 0.2) is 57.9 Å². The van der Waals surface area contributed by atoms with E-state index in [4.69, 9.17) is 25.8 Å². The van der Waals surface area contributed by atoms with Crippen molar-refractivity contribution in [3.05, 3.63) is 85.2 Å². The normalized spacial score (nSPS) is 14.0. The first-order valence-electron chi connectivity index (χ1n) is 13.5. The highest BCUT2D eigenvalue weighted by molar-refractivity contribution is 9.10. The van der Waals surface area contributed by atoms with Crippen LogP contribution in [0.25, 0.3) is 6.08 Å². The van der Waals surface area contributed by atoms with E-state index in [1.54, 1.807) is 30.3 Å². The zero-order valence-electron chi connectivity index (χ0n) is 24.5. The Morgan fingerprint density at radius 3 is 2.53 bits per heavy atom. The lowest BCUT2D eigenvalue weighted by atomic mass is 10.0. The van der Waals surface area contributed by atoms with Crippen LogP contribution in [0.3, 0.4) is 0 Å². The van der Waals surface area contributed by atoms with E-state index >= 15 is 0 Å². The van der Waals surface area contributed by atoms with Gasteiger partial charge >= 0.3 is 0 Å². The summed E-state index contributed by atoms with van der Waals surface area (Å²) < 4.78 is 17.7. The molecule has 0 radical (unpaired) electrons. The predicted octanol–water partition coefficient (Wildman–Crippen LogP) is 7.98. The summed E-state index contributed by atoms with van der Waals surface area (Å²) in [5, 5.41) is 2.93. The van der Waals surface area contributed by atoms with Crippen molar-refractivity contribution in [2.24, 2.45) is 0 Å². The zero-order chi connectivity index (χ0) is 31.3. The van der Waals surface area contributed by atoms with Crippen LogP contribution in [0, 0.1) is 13.8 Å². The second-order valence-corrected chi connectivity index (χ2v) is 12.5. The van der Waals surface area contributed by atoms with Gasteiger partial charge in [0.15, 0.2) is 18.1 Å². The zero-order valence-corrected chi connectivity index (χ0v) is 27.6. The van der Waals surface area contributed by atoms with E-state index in [2.05, 4.69) is 35.1 Å². The number of hydrogen-bond donors (Lipinski definition) is 1. The Morgan fingerprint density at radius 2 is 1.84 bits per heavy atom. The van der Waals surface area contributed by atoms with Crippen LogP contribution in [0.4, 0.5) is 10.5 Å². The molecule has 0 aromatic heterocycles. The summed E-state index contributed by atoms with van der Waals surface area (Å²) >= 11 is 10.5. The van der Waals surface area contributed by atoms with Crippen molar-refractivity contribution in [1.29, 1.82) is 0 Å². The van der Waals surface area contributed by atoms with Crippen LogP contribution < -0.4 is 19.5 Å². The molecule has 3 aromatic rings. The van der Waals surface area contributed by atoms with Gasteiger partial charge in [0.1, 0.15) is 12.4 Å². The van der Waals surface area contributed by atoms with Crippen molar-refractivity contribution >= 4 is 68.1 Å². The Bertz CT molecular complexity index is 1590. The molecule has 1 fully saturated rings. The van der Waals surface area contributed by atoms with Crippen LogP contribution in [-0.4, -0.2) is 48.8 Å². The molecule has 1 saturated heterocycles. The Kier molecular flexibility index (Phi) is 10.8. The van der Waals surface area contributed by atoms with Gasteiger partial charge in [0.2, 0.25) is 0 Å². The molecule has 1 aliphatic rings. The molecular formula is C32H32BrClN2O6S. The topological polar surface area (TPSA) is 94.2 Å². The van der Waals surface area contributed by atoms with Crippen LogP contribution >= 0.6 is 39.3 Å². The Balaban J connectivity index is 1.40. The summed E-state index contributed by atoms with van der Waals surface area (Å²) in [5.74, 6) is 0.930. The minimum Gasteiger partial charge on any atom is -0.493 e. The van der Waals surface area contributed by atoms with Gasteiger partial charge in [-0.25, -0.2) is 0 Å². The molecule has 4 rings (SSSR count). The molecule has 1 aliphatic heterocycles. The number of hydrogen-bond acceptors (Lipinski definition) is 7. The first-order valence-corrected chi connectivity index (χ1v) is 15.5. The number of imide groups is 1. The van der Waals surface area contributed by atoms with Gasteiger partial charge in [0.25, 0.3) is 17.1 Å². The van der Waals surface area contributed by atoms with Crippen LogP contribution in [-0.2, 0) is 9.59 Å². The van der Waals surface area contributed by atoms with E-state index < -0.39 is 5.91 Å². The fraction of sp³-hybridized carbons (Fsp3) is 0.281. The van der Waals surface area contributed by atoms with E-state index in [1.807, 2.05) is 38.1 Å². The molecule has 0 aliphatic carbocycles. The maximum atomic E-state index is 13.1. The molecule has 1 heterocycles. The van der Waals surface area contributed by atoms with E-state index in [9.17, 15) is 14.4 Å². The van der Waals surface area contributed by atoms with Gasteiger partial charge in [0, 0.05) is 10.7 Å². The first kappa shape index (κ1) is 32.4. The van der Waals surface area contributed by atoms with Crippen molar-refractivity contribution in [1.82, 2.24) is 4.90 Å². The molecule has 8 nitrogen and oxygen atoms in total. The molecule has 226 valence electrons. The minimum atomic E-state index is -0.393. The van der Waals surface area contributed by atoms with Crippen molar-refractivity contribution in [3.63, 3.8) is 0 Å². The van der Waals surface area contributed by atoms with Crippen LogP contribution in [0.2, 0.25) is 5.02 Å². The second-order valence-electron chi connectivity index (χ2n) is 10.2. The molecule has 0 bridgehead atoms. The number of rotatable bonds is 11. The van der Waals surface area contributed by atoms with Gasteiger partial charge in [-0.3, -0.25) is 19.3 Å². The largest absolute Gasteiger partial charge is 0.493 e. The molecule has 43 heavy (non-hydrogen) atoms. The number of halogens is 2. The number of anilines is 1. The number of thioether (sulfide) groups is 1. The number of nitrogens with one attached hydrogen (secondary N) is 1.